The largest absolute Gasteiger partial charge is 0.388 e. The van der Waals surface area contributed by atoms with Gasteiger partial charge < -0.3 is 20.1 Å². The van der Waals surface area contributed by atoms with Crippen LogP contribution in [0.1, 0.15) is 82.4 Å². The van der Waals surface area contributed by atoms with Gasteiger partial charge in [0.2, 0.25) is 0 Å². The Labute approximate surface area is 226 Å². The molecule has 6 rings (SSSR count). The van der Waals surface area contributed by atoms with Gasteiger partial charge in [0.1, 0.15) is 5.82 Å². The summed E-state index contributed by atoms with van der Waals surface area (Å²) >= 11 is 0. The molecule has 1 aromatic heterocycles. The summed E-state index contributed by atoms with van der Waals surface area (Å²) in [5, 5.41) is 3.19. The van der Waals surface area contributed by atoms with Crippen molar-refractivity contribution in [3.8, 4) is 11.4 Å². The Hall–Kier alpha value is -3.12. The molecule has 2 aromatic carbocycles. The molecule has 3 aliphatic rings. The molecule has 2 N–H and O–H groups in total. The number of aromatic nitrogens is 2. The fraction of sp³-hybridized carbons (Fsp3) is 0.500. The molecule has 0 spiro atoms. The van der Waals surface area contributed by atoms with E-state index >= 15 is 0 Å². The Morgan fingerprint density at radius 3 is 2.39 bits per heavy atom. The second-order valence-corrected chi connectivity index (χ2v) is 11.6. The van der Waals surface area contributed by atoms with Crippen molar-refractivity contribution in [1.82, 2.24) is 19.8 Å². The number of benzene rings is 2. The van der Waals surface area contributed by atoms with Crippen molar-refractivity contribution in [3.63, 3.8) is 0 Å². The molecule has 0 radical (unpaired) electrons. The summed E-state index contributed by atoms with van der Waals surface area (Å²) in [7, 11) is 4.13. The minimum Gasteiger partial charge on any atom is -0.388 e. The lowest BCUT2D eigenvalue weighted by atomic mass is 9.77. The van der Waals surface area contributed by atoms with Crippen molar-refractivity contribution < 1.29 is 4.79 Å². The maximum absolute atomic E-state index is 13.9. The molecule has 0 atom stereocenters. The minimum absolute atomic E-state index is 0.169. The van der Waals surface area contributed by atoms with Crippen LogP contribution in [0.15, 0.2) is 36.4 Å². The number of carbonyl (C=O) groups is 1. The molecule has 1 saturated heterocycles. The lowest BCUT2D eigenvalue weighted by molar-refractivity contribution is 0.0712. The molecule has 1 saturated carbocycles. The van der Waals surface area contributed by atoms with E-state index in [9.17, 15) is 4.79 Å². The number of likely N-dealkylation sites (tertiary alicyclic amines) is 1. The van der Waals surface area contributed by atoms with E-state index in [2.05, 4.69) is 70.5 Å². The van der Waals surface area contributed by atoms with Crippen molar-refractivity contribution in [1.29, 1.82) is 0 Å². The van der Waals surface area contributed by atoms with Gasteiger partial charge in [-0.2, -0.15) is 0 Å². The highest BCUT2D eigenvalue weighted by Crippen LogP contribution is 2.42. The lowest BCUT2D eigenvalue weighted by Crippen LogP contribution is -2.38. The summed E-state index contributed by atoms with van der Waals surface area (Å²) in [6, 6.07) is 13.2. The molecule has 1 amide bonds. The number of anilines is 1. The van der Waals surface area contributed by atoms with E-state index in [0.29, 0.717) is 11.8 Å². The second-order valence-electron chi connectivity index (χ2n) is 11.6. The molecule has 6 heteroatoms. The summed E-state index contributed by atoms with van der Waals surface area (Å²) in [5.41, 5.74) is 9.43. The van der Waals surface area contributed by atoms with E-state index in [-0.39, 0.29) is 5.91 Å². The molecule has 0 unspecified atom stereocenters. The van der Waals surface area contributed by atoms with Crippen molar-refractivity contribution in [3.05, 3.63) is 70.0 Å². The third-order valence-corrected chi connectivity index (χ3v) is 9.22. The number of fused-ring (bicyclic) bond motifs is 1. The molecule has 6 nitrogen and oxygen atoms in total. The Bertz CT molecular complexity index is 1270. The topological polar surface area (TPSA) is 64.3 Å². The van der Waals surface area contributed by atoms with E-state index in [1.165, 1.54) is 41.8 Å². The first-order valence-corrected chi connectivity index (χ1v) is 14.5. The van der Waals surface area contributed by atoms with Gasteiger partial charge in [-0.3, -0.25) is 4.79 Å². The zero-order valence-corrected chi connectivity index (χ0v) is 23.1. The van der Waals surface area contributed by atoms with Crippen molar-refractivity contribution >= 4 is 11.6 Å². The van der Waals surface area contributed by atoms with Crippen LogP contribution in [0.4, 0.5) is 5.69 Å². The summed E-state index contributed by atoms with van der Waals surface area (Å²) in [4.78, 5) is 27.1. The monoisotopic (exact) mass is 511 g/mol. The highest BCUT2D eigenvalue weighted by molar-refractivity contribution is 5.97. The molecule has 1 aliphatic carbocycles. The Morgan fingerprint density at radius 2 is 1.71 bits per heavy atom. The molecule has 3 aromatic rings. The molecule has 0 bridgehead atoms. The summed E-state index contributed by atoms with van der Waals surface area (Å²) in [6.45, 7) is 5.82. The second kappa shape index (κ2) is 10.6. The molecule has 38 heavy (non-hydrogen) atoms. The highest BCUT2D eigenvalue weighted by Gasteiger charge is 2.29. The first-order valence-electron chi connectivity index (χ1n) is 14.5. The predicted octanol–water partition coefficient (Wildman–Crippen LogP) is 5.74. The number of aromatic amines is 1. The van der Waals surface area contributed by atoms with E-state index in [0.717, 1.165) is 80.1 Å². The van der Waals surface area contributed by atoms with Gasteiger partial charge in [-0.05, 0) is 86.4 Å². The number of hydrogen-bond acceptors (Lipinski definition) is 4. The number of rotatable bonds is 5. The molecule has 2 fully saturated rings. The van der Waals surface area contributed by atoms with Gasteiger partial charge >= 0.3 is 0 Å². The zero-order chi connectivity index (χ0) is 26.2. The number of nitrogens with zero attached hydrogens (tertiary/aromatic N) is 3. The zero-order valence-electron chi connectivity index (χ0n) is 23.1. The summed E-state index contributed by atoms with van der Waals surface area (Å²) < 4.78 is 0. The van der Waals surface area contributed by atoms with Crippen LogP contribution in [-0.2, 0) is 12.8 Å². The Kier molecular flexibility index (Phi) is 7.00. The molecular formula is C32H41N5O. The number of nitrogens with one attached hydrogen (secondary N) is 2. The van der Waals surface area contributed by atoms with Gasteiger partial charge in [0.15, 0.2) is 0 Å². The van der Waals surface area contributed by atoms with Crippen LogP contribution >= 0.6 is 0 Å². The number of imidazole rings is 1. The van der Waals surface area contributed by atoms with Gasteiger partial charge in [0.25, 0.3) is 5.91 Å². The van der Waals surface area contributed by atoms with Crippen LogP contribution in [-0.4, -0.2) is 65.9 Å². The number of likely N-dealkylation sites (N-methyl/N-ethyl adjacent to an activating group) is 1. The standard InChI is InChI=1S/C32H41N5O/c1-21-19-27(24-5-4-6-24)28(31-34-29-13-15-36(3)16-14-30(29)35-31)20-26(21)32(38)37-17-11-23(12-18-37)22-7-9-25(33-2)10-8-22/h7-10,19-20,23-24,33H,4-6,11-18H2,1-3H3,(H,34,35). The van der Waals surface area contributed by atoms with Crippen molar-refractivity contribution in [2.75, 3.05) is 45.6 Å². The first-order chi connectivity index (χ1) is 18.5. The van der Waals surface area contributed by atoms with Crippen LogP contribution < -0.4 is 5.32 Å². The van der Waals surface area contributed by atoms with Crippen LogP contribution in [0.3, 0.4) is 0 Å². The SMILES string of the molecule is CNc1ccc(C2CCN(C(=O)c3cc(-c4nc5c([nH]4)CCN(C)CC5)c(C4CCC4)cc3C)CC2)cc1. The molecule has 200 valence electrons. The van der Waals surface area contributed by atoms with Gasteiger partial charge in [0, 0.05) is 68.6 Å². The summed E-state index contributed by atoms with van der Waals surface area (Å²) in [6.07, 6.45) is 7.75. The van der Waals surface area contributed by atoms with E-state index in [1.54, 1.807) is 0 Å². The fourth-order valence-corrected chi connectivity index (χ4v) is 6.43. The minimum atomic E-state index is 0.169. The van der Waals surface area contributed by atoms with Gasteiger partial charge in [-0.1, -0.05) is 24.6 Å². The van der Waals surface area contributed by atoms with Crippen LogP contribution in [0.25, 0.3) is 11.4 Å². The third-order valence-electron chi connectivity index (χ3n) is 9.22. The van der Waals surface area contributed by atoms with Gasteiger partial charge in [-0.15, -0.1) is 0 Å². The Morgan fingerprint density at radius 1 is 0.974 bits per heavy atom. The Balaban J connectivity index is 1.24. The molecule has 3 heterocycles. The molecular weight excluding hydrogens is 470 g/mol. The van der Waals surface area contributed by atoms with Crippen LogP contribution in [0.5, 0.6) is 0 Å². The average molecular weight is 512 g/mol. The van der Waals surface area contributed by atoms with E-state index < -0.39 is 0 Å². The van der Waals surface area contributed by atoms with E-state index in [4.69, 9.17) is 4.98 Å². The summed E-state index contributed by atoms with van der Waals surface area (Å²) in [5.74, 6) is 2.22. The maximum Gasteiger partial charge on any atom is 0.254 e. The van der Waals surface area contributed by atoms with Crippen LogP contribution in [0.2, 0.25) is 0 Å². The van der Waals surface area contributed by atoms with E-state index in [1.807, 2.05) is 7.05 Å². The number of carbonyl (C=O) groups excluding carboxylic acids is 1. The average Bonchev–Trinajstić information content (AvgIpc) is 3.24. The number of amides is 1. The smallest absolute Gasteiger partial charge is 0.254 e. The quantitative estimate of drug-likeness (QED) is 0.458. The number of H-pyrrole nitrogens is 1. The van der Waals surface area contributed by atoms with Gasteiger partial charge in [-0.25, -0.2) is 4.98 Å². The first kappa shape index (κ1) is 25.2. The lowest BCUT2D eigenvalue weighted by Gasteiger charge is -2.33. The predicted molar refractivity (Wildman–Crippen MR) is 154 cm³/mol. The maximum atomic E-state index is 13.9. The molecule has 2 aliphatic heterocycles. The number of hydrogen-bond donors (Lipinski definition) is 2. The number of piperidine rings is 1. The highest BCUT2D eigenvalue weighted by atomic mass is 16.2. The van der Waals surface area contributed by atoms with Crippen molar-refractivity contribution in [2.45, 2.75) is 63.7 Å². The van der Waals surface area contributed by atoms with Gasteiger partial charge in [0.05, 0.1) is 5.69 Å². The fourth-order valence-electron chi connectivity index (χ4n) is 6.43. The third kappa shape index (κ3) is 4.86. The number of aryl methyl sites for hydroxylation is 1. The normalized spacial score (nSPS) is 19.1. The van der Waals surface area contributed by atoms with Crippen molar-refractivity contribution in [2.24, 2.45) is 0 Å². The van der Waals surface area contributed by atoms with Crippen LogP contribution in [0, 0.1) is 6.92 Å².